The van der Waals surface area contributed by atoms with Gasteiger partial charge in [0.05, 0.1) is 12.7 Å². The molecule has 2 rings (SSSR count). The predicted octanol–water partition coefficient (Wildman–Crippen LogP) is 2.06. The first-order chi connectivity index (χ1) is 5.55. The van der Waals surface area contributed by atoms with Crippen molar-refractivity contribution in [1.29, 1.82) is 0 Å². The summed E-state index contributed by atoms with van der Waals surface area (Å²) >= 11 is 0. The summed E-state index contributed by atoms with van der Waals surface area (Å²) in [4.78, 5) is 0. The minimum atomic E-state index is -1.99. The molecule has 1 aliphatic heterocycles. The van der Waals surface area contributed by atoms with Crippen LogP contribution in [-0.2, 0) is 4.57 Å². The zero-order valence-corrected chi connectivity index (χ0v) is 8.52. The number of hydrogen-bond donors (Lipinski definition) is 1. The summed E-state index contributed by atoms with van der Waals surface area (Å²) in [5, 5.41) is 10.2. The van der Waals surface area contributed by atoms with Crippen LogP contribution in [0, 0.1) is 0 Å². The quantitative estimate of drug-likeness (QED) is 0.591. The SMILES string of the molecule is C[P@]1(=O)CC[C@@]2(O)CCCC[C@@H]21. The second kappa shape index (κ2) is 2.59. The Kier molecular flexibility index (Phi) is 1.89. The fraction of sp³-hybridized carbons (Fsp3) is 1.00. The Hall–Kier alpha value is 0.190. The lowest BCUT2D eigenvalue weighted by molar-refractivity contribution is 0.0138. The molecule has 2 aliphatic rings. The first kappa shape index (κ1) is 8.77. The van der Waals surface area contributed by atoms with Crippen LogP contribution in [0.5, 0.6) is 0 Å². The van der Waals surface area contributed by atoms with E-state index in [0.29, 0.717) is 0 Å². The molecule has 3 atom stereocenters. The van der Waals surface area contributed by atoms with Gasteiger partial charge >= 0.3 is 0 Å². The van der Waals surface area contributed by atoms with Crippen molar-refractivity contribution in [3.63, 3.8) is 0 Å². The van der Waals surface area contributed by atoms with E-state index in [9.17, 15) is 9.67 Å². The van der Waals surface area contributed by atoms with Crippen molar-refractivity contribution in [2.45, 2.75) is 43.4 Å². The Morgan fingerprint density at radius 2 is 2.17 bits per heavy atom. The summed E-state index contributed by atoms with van der Waals surface area (Å²) in [6.07, 6.45) is 5.71. The molecular formula is C9H17O2P. The van der Waals surface area contributed by atoms with Crippen molar-refractivity contribution in [3.05, 3.63) is 0 Å². The van der Waals surface area contributed by atoms with Gasteiger partial charge in [-0.1, -0.05) is 12.8 Å². The van der Waals surface area contributed by atoms with Gasteiger partial charge in [-0.2, -0.15) is 0 Å². The Labute approximate surface area is 73.7 Å². The van der Waals surface area contributed by atoms with Gasteiger partial charge in [0.1, 0.15) is 0 Å². The van der Waals surface area contributed by atoms with E-state index >= 15 is 0 Å². The van der Waals surface area contributed by atoms with Crippen LogP contribution in [0.4, 0.5) is 0 Å². The maximum atomic E-state index is 12.0. The third kappa shape index (κ3) is 1.16. The Morgan fingerprint density at radius 1 is 1.42 bits per heavy atom. The average Bonchev–Trinajstić information content (AvgIpc) is 2.24. The molecule has 1 N–H and O–H groups in total. The highest BCUT2D eigenvalue weighted by Gasteiger charge is 2.52. The van der Waals surface area contributed by atoms with Crippen LogP contribution in [0.1, 0.15) is 32.1 Å². The van der Waals surface area contributed by atoms with E-state index in [4.69, 9.17) is 0 Å². The van der Waals surface area contributed by atoms with Gasteiger partial charge in [0.15, 0.2) is 0 Å². The second-order valence-electron chi connectivity index (χ2n) is 4.51. The van der Waals surface area contributed by atoms with E-state index in [-0.39, 0.29) is 5.66 Å². The van der Waals surface area contributed by atoms with Crippen molar-refractivity contribution in [2.24, 2.45) is 0 Å². The molecule has 1 saturated heterocycles. The molecular weight excluding hydrogens is 171 g/mol. The monoisotopic (exact) mass is 188 g/mol. The molecule has 0 bridgehead atoms. The molecule has 12 heavy (non-hydrogen) atoms. The van der Waals surface area contributed by atoms with Crippen LogP contribution in [-0.4, -0.2) is 29.2 Å². The fourth-order valence-corrected chi connectivity index (χ4v) is 6.00. The van der Waals surface area contributed by atoms with Gasteiger partial charge in [-0.25, -0.2) is 0 Å². The van der Waals surface area contributed by atoms with Crippen LogP contribution >= 0.6 is 7.14 Å². The molecule has 1 heterocycles. The second-order valence-corrected chi connectivity index (χ2v) is 7.93. The van der Waals surface area contributed by atoms with E-state index < -0.39 is 12.7 Å². The summed E-state index contributed by atoms with van der Waals surface area (Å²) in [5.74, 6) is 0. The number of aliphatic hydroxyl groups is 1. The number of hydrogen-bond acceptors (Lipinski definition) is 2. The lowest BCUT2D eigenvalue weighted by Crippen LogP contribution is -2.39. The highest BCUT2D eigenvalue weighted by molar-refractivity contribution is 7.64. The molecule has 0 unspecified atom stereocenters. The summed E-state index contributed by atoms with van der Waals surface area (Å²) in [6, 6.07) is 0. The standard InChI is InChI=1S/C9H17O2P/c1-12(11)7-6-9(10)5-3-2-4-8(9)12/h8,10H,2-7H2,1H3/t8-,9-,12-/m0/s1. The summed E-state index contributed by atoms with van der Waals surface area (Å²) in [7, 11) is -1.99. The third-order valence-electron chi connectivity index (χ3n) is 3.61. The van der Waals surface area contributed by atoms with Gasteiger partial charge < -0.3 is 9.67 Å². The maximum absolute atomic E-state index is 12.0. The van der Waals surface area contributed by atoms with E-state index in [2.05, 4.69) is 0 Å². The van der Waals surface area contributed by atoms with Crippen LogP contribution < -0.4 is 0 Å². The summed E-state index contributed by atoms with van der Waals surface area (Å²) < 4.78 is 12.0. The van der Waals surface area contributed by atoms with Crippen molar-refractivity contribution in [1.82, 2.24) is 0 Å². The summed E-state index contributed by atoms with van der Waals surface area (Å²) in [6.45, 7) is 1.88. The fourth-order valence-electron chi connectivity index (χ4n) is 2.85. The number of fused-ring (bicyclic) bond motifs is 1. The van der Waals surface area contributed by atoms with Crippen molar-refractivity contribution in [3.8, 4) is 0 Å². The minimum Gasteiger partial charge on any atom is -0.389 e. The van der Waals surface area contributed by atoms with Crippen LogP contribution in [0.25, 0.3) is 0 Å². The van der Waals surface area contributed by atoms with Crippen LogP contribution in [0.15, 0.2) is 0 Å². The van der Waals surface area contributed by atoms with E-state index in [1.165, 1.54) is 0 Å². The first-order valence-corrected chi connectivity index (χ1v) is 7.24. The zero-order valence-electron chi connectivity index (χ0n) is 7.62. The van der Waals surface area contributed by atoms with Gasteiger partial charge in [0, 0.05) is 11.8 Å². The molecule has 70 valence electrons. The van der Waals surface area contributed by atoms with Gasteiger partial charge in [-0.15, -0.1) is 0 Å². The Balaban J connectivity index is 2.28. The molecule has 0 aromatic heterocycles. The van der Waals surface area contributed by atoms with Crippen molar-refractivity contribution >= 4 is 7.14 Å². The van der Waals surface area contributed by atoms with Gasteiger partial charge in [-0.05, 0) is 25.9 Å². The highest BCUT2D eigenvalue weighted by Crippen LogP contribution is 2.62. The van der Waals surface area contributed by atoms with E-state index in [1.54, 1.807) is 0 Å². The predicted molar refractivity (Wildman–Crippen MR) is 50.2 cm³/mol. The normalized spacial score (nSPS) is 53.7. The Bertz CT molecular complexity index is 239. The largest absolute Gasteiger partial charge is 0.389 e. The molecule has 0 amide bonds. The molecule has 0 radical (unpaired) electrons. The number of rotatable bonds is 0. The Morgan fingerprint density at radius 3 is 2.83 bits per heavy atom. The minimum absolute atomic E-state index is 0.138. The summed E-state index contributed by atoms with van der Waals surface area (Å²) in [5.41, 5.74) is -0.401. The van der Waals surface area contributed by atoms with Gasteiger partial charge in [0.2, 0.25) is 0 Å². The third-order valence-corrected chi connectivity index (χ3v) is 6.77. The smallest absolute Gasteiger partial charge is 0.0906 e. The molecule has 1 saturated carbocycles. The molecule has 0 spiro atoms. The van der Waals surface area contributed by atoms with E-state index in [1.807, 2.05) is 6.66 Å². The van der Waals surface area contributed by atoms with Crippen LogP contribution in [0.3, 0.4) is 0 Å². The molecule has 0 aromatic carbocycles. The highest BCUT2D eigenvalue weighted by atomic mass is 31.2. The maximum Gasteiger partial charge on any atom is 0.0906 e. The van der Waals surface area contributed by atoms with Crippen molar-refractivity contribution < 1.29 is 9.67 Å². The molecule has 1 aliphatic carbocycles. The van der Waals surface area contributed by atoms with E-state index in [0.717, 1.165) is 38.3 Å². The molecule has 2 nitrogen and oxygen atoms in total. The topological polar surface area (TPSA) is 37.3 Å². The lowest BCUT2D eigenvalue weighted by atomic mass is 9.83. The molecule has 3 heteroatoms. The molecule has 0 aromatic rings. The average molecular weight is 188 g/mol. The lowest BCUT2D eigenvalue weighted by Gasteiger charge is -2.35. The molecule has 2 fully saturated rings. The van der Waals surface area contributed by atoms with Gasteiger partial charge in [0.25, 0.3) is 0 Å². The zero-order chi connectivity index (χ0) is 8.82. The van der Waals surface area contributed by atoms with Gasteiger partial charge in [-0.3, -0.25) is 0 Å². The van der Waals surface area contributed by atoms with Crippen LogP contribution in [0.2, 0.25) is 0 Å². The first-order valence-electron chi connectivity index (χ1n) is 4.83. The van der Waals surface area contributed by atoms with Crippen molar-refractivity contribution in [2.75, 3.05) is 12.8 Å².